The molecule has 0 fully saturated rings. The Morgan fingerprint density at radius 1 is 1.25 bits per heavy atom. The van der Waals surface area contributed by atoms with Crippen molar-refractivity contribution in [3.63, 3.8) is 0 Å². The number of carbonyl (C=O) groups is 1. The maximum Gasteiger partial charge on any atom is 0.248 e. The van der Waals surface area contributed by atoms with Crippen LogP contribution in [0.4, 0.5) is 15.8 Å². The van der Waals surface area contributed by atoms with Gasteiger partial charge in [-0.05, 0) is 49.1 Å². The third-order valence-corrected chi connectivity index (χ3v) is 5.95. The zero-order valence-electron chi connectivity index (χ0n) is 16.3. The number of carbonyl (C=O) groups excluding carboxylic acids is 1. The Labute approximate surface area is 170 Å². The van der Waals surface area contributed by atoms with Gasteiger partial charge in [-0.25, -0.2) is 12.8 Å². The molecule has 1 atom stereocenters. The minimum atomic E-state index is -3.83. The second-order valence-corrected chi connectivity index (χ2v) is 8.80. The molecule has 0 saturated heterocycles. The lowest BCUT2D eigenvalue weighted by atomic mass is 10.0. The topological polar surface area (TPSA) is 66.5 Å². The molecular weight excluding hydrogens is 403 g/mol. The molecule has 0 heterocycles. The Morgan fingerprint density at radius 3 is 2.46 bits per heavy atom. The van der Waals surface area contributed by atoms with E-state index in [2.05, 4.69) is 5.32 Å². The second-order valence-electron chi connectivity index (χ2n) is 6.53. The Hall–Kier alpha value is -2.12. The van der Waals surface area contributed by atoms with Crippen molar-refractivity contribution < 1.29 is 17.6 Å². The number of rotatable bonds is 7. The van der Waals surface area contributed by atoms with Gasteiger partial charge >= 0.3 is 0 Å². The summed E-state index contributed by atoms with van der Waals surface area (Å²) in [6.07, 6.45) is 1.95. The van der Waals surface area contributed by atoms with E-state index in [-0.39, 0.29) is 17.1 Å². The summed E-state index contributed by atoms with van der Waals surface area (Å²) < 4.78 is 39.5. The lowest BCUT2D eigenvalue weighted by Gasteiger charge is -2.30. The molecule has 5 nitrogen and oxygen atoms in total. The molecule has 2 aromatic rings. The monoisotopic (exact) mass is 426 g/mol. The van der Waals surface area contributed by atoms with Crippen molar-refractivity contribution >= 4 is 38.9 Å². The number of nitrogens with zero attached hydrogens (tertiary/aromatic N) is 1. The van der Waals surface area contributed by atoms with E-state index in [4.69, 9.17) is 11.6 Å². The summed E-state index contributed by atoms with van der Waals surface area (Å²) in [7, 11) is -3.83. The summed E-state index contributed by atoms with van der Waals surface area (Å²) in [4.78, 5) is 13.1. The minimum Gasteiger partial charge on any atom is -0.324 e. The van der Waals surface area contributed by atoms with E-state index in [0.29, 0.717) is 5.69 Å². The van der Waals surface area contributed by atoms with Gasteiger partial charge in [0.1, 0.15) is 11.9 Å². The van der Waals surface area contributed by atoms with Crippen LogP contribution in [-0.4, -0.2) is 26.6 Å². The normalized spacial score (nSPS) is 12.5. The molecule has 0 aliphatic carbocycles. The second kappa shape index (κ2) is 8.92. The number of nitrogens with one attached hydrogen (secondary N) is 1. The van der Waals surface area contributed by atoms with Crippen molar-refractivity contribution in [3.8, 4) is 0 Å². The van der Waals surface area contributed by atoms with E-state index in [1.165, 1.54) is 12.1 Å². The minimum absolute atomic E-state index is 0.136. The van der Waals surface area contributed by atoms with Crippen molar-refractivity contribution in [2.24, 2.45) is 0 Å². The Morgan fingerprint density at radius 2 is 1.93 bits per heavy atom. The summed E-state index contributed by atoms with van der Waals surface area (Å²) in [6, 6.07) is 8.27. The highest BCUT2D eigenvalue weighted by Crippen LogP contribution is 2.28. The van der Waals surface area contributed by atoms with Crippen LogP contribution in [0.2, 0.25) is 5.02 Å². The van der Waals surface area contributed by atoms with Gasteiger partial charge in [0, 0.05) is 5.69 Å². The molecule has 0 aliphatic rings. The maximum atomic E-state index is 13.5. The van der Waals surface area contributed by atoms with E-state index in [9.17, 15) is 17.6 Å². The standard InChI is InChI=1S/C20H24ClFN2O3S/c1-5-14-9-7-8-13(3)19(14)23-20(25)18(6-2)24(28(4,26)27)15-10-11-17(22)16(21)12-15/h7-12,18H,5-6H2,1-4H3,(H,23,25). The van der Waals surface area contributed by atoms with E-state index in [1.807, 2.05) is 32.0 Å². The fraction of sp³-hybridized carbons (Fsp3) is 0.350. The molecular formula is C20H24ClFN2O3S. The number of aryl methyl sites for hydroxylation is 2. The number of para-hydroxylation sites is 1. The summed E-state index contributed by atoms with van der Waals surface area (Å²) in [5.41, 5.74) is 2.66. The molecule has 0 aliphatic heterocycles. The first-order valence-electron chi connectivity index (χ1n) is 8.93. The zero-order chi connectivity index (χ0) is 21.1. The molecule has 2 aromatic carbocycles. The van der Waals surface area contributed by atoms with Crippen LogP contribution in [0.25, 0.3) is 0 Å². The highest BCUT2D eigenvalue weighted by Gasteiger charge is 2.32. The first-order valence-corrected chi connectivity index (χ1v) is 11.2. The molecule has 8 heteroatoms. The van der Waals surface area contributed by atoms with Crippen LogP contribution in [0.3, 0.4) is 0 Å². The number of hydrogen-bond acceptors (Lipinski definition) is 3. The Kier molecular flexibility index (Phi) is 7.06. The van der Waals surface area contributed by atoms with Crippen molar-refractivity contribution in [2.75, 3.05) is 15.9 Å². The zero-order valence-corrected chi connectivity index (χ0v) is 17.9. The van der Waals surface area contributed by atoms with Crippen LogP contribution in [0.5, 0.6) is 0 Å². The molecule has 0 radical (unpaired) electrons. The highest BCUT2D eigenvalue weighted by molar-refractivity contribution is 7.92. The molecule has 1 amide bonds. The quantitative estimate of drug-likeness (QED) is 0.707. The molecule has 2 rings (SSSR count). The lowest BCUT2D eigenvalue weighted by Crippen LogP contribution is -2.47. The summed E-state index contributed by atoms with van der Waals surface area (Å²) >= 11 is 5.83. The van der Waals surface area contributed by atoms with Gasteiger partial charge in [0.2, 0.25) is 15.9 Å². The number of sulfonamides is 1. The van der Waals surface area contributed by atoms with Gasteiger partial charge in [0.05, 0.1) is 17.0 Å². The van der Waals surface area contributed by atoms with E-state index in [0.717, 1.165) is 34.2 Å². The third kappa shape index (κ3) is 4.83. The predicted octanol–water partition coefficient (Wildman–Crippen LogP) is 4.53. The number of amides is 1. The molecule has 0 bridgehead atoms. The van der Waals surface area contributed by atoms with Crippen molar-refractivity contribution in [1.82, 2.24) is 0 Å². The number of anilines is 2. The largest absolute Gasteiger partial charge is 0.324 e. The fourth-order valence-corrected chi connectivity index (χ4v) is 4.47. The summed E-state index contributed by atoms with van der Waals surface area (Å²) in [5, 5.41) is 2.66. The number of halogens is 2. The van der Waals surface area contributed by atoms with Crippen LogP contribution >= 0.6 is 11.6 Å². The molecule has 0 spiro atoms. The van der Waals surface area contributed by atoms with E-state index in [1.54, 1.807) is 6.92 Å². The number of hydrogen-bond donors (Lipinski definition) is 1. The average Bonchev–Trinajstić information content (AvgIpc) is 2.62. The van der Waals surface area contributed by atoms with Crippen molar-refractivity contribution in [3.05, 3.63) is 58.4 Å². The Balaban J connectivity index is 2.47. The molecule has 1 unspecified atom stereocenters. The van der Waals surface area contributed by atoms with Crippen LogP contribution in [-0.2, 0) is 21.2 Å². The van der Waals surface area contributed by atoms with Gasteiger partial charge in [0.25, 0.3) is 0 Å². The smallest absolute Gasteiger partial charge is 0.248 e. The molecule has 1 N–H and O–H groups in total. The SMILES string of the molecule is CCc1cccc(C)c1NC(=O)C(CC)N(c1ccc(F)c(Cl)c1)S(C)(=O)=O. The first-order chi connectivity index (χ1) is 13.1. The summed E-state index contributed by atoms with van der Waals surface area (Å²) in [6.45, 7) is 5.57. The van der Waals surface area contributed by atoms with E-state index < -0.39 is 27.8 Å². The molecule has 152 valence electrons. The van der Waals surface area contributed by atoms with Gasteiger partial charge in [-0.3, -0.25) is 9.10 Å². The van der Waals surface area contributed by atoms with E-state index >= 15 is 0 Å². The van der Waals surface area contributed by atoms with Crippen LogP contribution < -0.4 is 9.62 Å². The summed E-state index contributed by atoms with van der Waals surface area (Å²) in [5.74, 6) is -1.12. The Bertz CT molecular complexity index is 979. The van der Waals surface area contributed by atoms with Gasteiger partial charge in [-0.1, -0.05) is 43.6 Å². The van der Waals surface area contributed by atoms with Gasteiger partial charge in [-0.2, -0.15) is 0 Å². The van der Waals surface area contributed by atoms with Crippen molar-refractivity contribution in [1.29, 1.82) is 0 Å². The molecule has 0 saturated carbocycles. The van der Waals surface area contributed by atoms with Gasteiger partial charge < -0.3 is 5.32 Å². The molecule has 28 heavy (non-hydrogen) atoms. The van der Waals surface area contributed by atoms with Crippen LogP contribution in [0.1, 0.15) is 31.4 Å². The maximum absolute atomic E-state index is 13.5. The van der Waals surface area contributed by atoms with Crippen LogP contribution in [0.15, 0.2) is 36.4 Å². The highest BCUT2D eigenvalue weighted by atomic mass is 35.5. The molecule has 0 aromatic heterocycles. The third-order valence-electron chi connectivity index (χ3n) is 4.48. The predicted molar refractivity (Wildman–Crippen MR) is 112 cm³/mol. The fourth-order valence-electron chi connectivity index (χ4n) is 3.09. The van der Waals surface area contributed by atoms with Crippen LogP contribution in [0, 0.1) is 12.7 Å². The average molecular weight is 427 g/mol. The lowest BCUT2D eigenvalue weighted by molar-refractivity contribution is -0.117. The first kappa shape index (κ1) is 22.2. The number of benzene rings is 2. The van der Waals surface area contributed by atoms with Gasteiger partial charge in [-0.15, -0.1) is 0 Å². The van der Waals surface area contributed by atoms with Crippen molar-refractivity contribution in [2.45, 2.75) is 39.7 Å². The van der Waals surface area contributed by atoms with Gasteiger partial charge in [0.15, 0.2) is 0 Å².